The average Bonchev–Trinajstić information content (AvgIpc) is 3.84. The Kier molecular flexibility index (Phi) is 26.8. The Bertz CT molecular complexity index is 2230. The molecule has 424 valence electrons. The van der Waals surface area contributed by atoms with Gasteiger partial charge in [-0.15, -0.1) is 0 Å². The molecule has 11 atom stereocenters. The molecular weight excluding hydrogens is 993 g/mol. The van der Waals surface area contributed by atoms with Crippen LogP contribution in [0.25, 0.3) is 0 Å². The summed E-state index contributed by atoms with van der Waals surface area (Å²) in [6, 6.07) is -4.22. The van der Waals surface area contributed by atoms with Crippen LogP contribution in [0.3, 0.4) is 0 Å². The number of primary amides is 2. The maximum absolute atomic E-state index is 14.6. The van der Waals surface area contributed by atoms with Gasteiger partial charge in [-0.2, -0.15) is 0 Å². The Morgan fingerprint density at radius 3 is 1.71 bits per heavy atom. The van der Waals surface area contributed by atoms with Gasteiger partial charge in [-0.1, -0.05) is 78.3 Å². The van der Waals surface area contributed by atoms with Gasteiger partial charge in [-0.25, -0.2) is 4.79 Å². The van der Waals surface area contributed by atoms with Crippen LogP contribution in [-0.2, 0) is 59.2 Å². The van der Waals surface area contributed by atoms with E-state index in [0.29, 0.717) is 12.0 Å². The third-order valence-electron chi connectivity index (χ3n) is 12.6. The number of amides is 10. The third kappa shape index (κ3) is 21.4. The molecule has 10 amide bonds. The summed E-state index contributed by atoms with van der Waals surface area (Å²) in [5.74, 6) is -12.1. The Labute approximate surface area is 442 Å². The second kappa shape index (κ2) is 31.5. The predicted octanol–water partition coefficient (Wildman–Crippen LogP) is -4.04. The van der Waals surface area contributed by atoms with Crippen LogP contribution < -0.4 is 65.9 Å². The molecule has 2 rings (SSSR count). The Balaban J connectivity index is 2.42. The highest BCUT2D eigenvalue weighted by molar-refractivity contribution is 6.00. The molecule has 1 aliphatic heterocycles. The summed E-state index contributed by atoms with van der Waals surface area (Å²) >= 11 is 0. The molecular formula is C49H80N14O13. The maximum atomic E-state index is 14.6. The number of carbonyl (C=O) groups is 11. The minimum Gasteiger partial charge on any atom is -0.480 e. The molecule has 27 nitrogen and oxygen atoms in total. The van der Waals surface area contributed by atoms with Crippen LogP contribution in [0.2, 0.25) is 0 Å². The highest BCUT2D eigenvalue weighted by atomic mass is 16.4. The van der Waals surface area contributed by atoms with E-state index in [9.17, 15) is 63.0 Å². The average molecular weight is 1070 g/mol. The van der Waals surface area contributed by atoms with Crippen LogP contribution in [0.1, 0.15) is 105 Å². The van der Waals surface area contributed by atoms with E-state index in [1.54, 1.807) is 71.9 Å². The van der Waals surface area contributed by atoms with E-state index in [2.05, 4.69) is 42.2 Å². The molecule has 0 aromatic heterocycles. The predicted molar refractivity (Wildman–Crippen MR) is 277 cm³/mol. The number of aliphatic imine (C=N–C) groups is 1. The van der Waals surface area contributed by atoms with Crippen LogP contribution in [-0.4, -0.2) is 160 Å². The van der Waals surface area contributed by atoms with Gasteiger partial charge < -0.3 is 81.0 Å². The highest BCUT2D eigenvalue weighted by Gasteiger charge is 2.41. The lowest BCUT2D eigenvalue weighted by Gasteiger charge is -2.31. The number of carboxylic acids is 1. The first-order valence-electron chi connectivity index (χ1n) is 25.3. The lowest BCUT2D eigenvalue weighted by molar-refractivity contribution is -0.143. The number of carbonyl (C=O) groups excluding carboxylic acids is 10. The van der Waals surface area contributed by atoms with Gasteiger partial charge in [0.25, 0.3) is 0 Å². The summed E-state index contributed by atoms with van der Waals surface area (Å²) in [5, 5.41) is 37.5. The lowest BCUT2D eigenvalue weighted by Crippen LogP contribution is -2.63. The molecule has 0 bridgehead atoms. The molecule has 1 fully saturated rings. The number of nitrogens with one attached hydrogen (secondary N) is 7. The molecule has 0 radical (unpaired) electrons. The number of nitrogens with zero attached hydrogens (tertiary/aromatic N) is 2. The van der Waals surface area contributed by atoms with Crippen LogP contribution in [0.15, 0.2) is 35.3 Å². The summed E-state index contributed by atoms with van der Waals surface area (Å²) in [6.45, 7) is 11.4. The Hall–Kier alpha value is -7.42. The standard InChI is InChI=1S/C49H80N14O13/c1-8-26(6)38(45(72)62-39(27(7)64)46(73)58-30(22-35(50)65)41(68)60-33(48(75)76)20-24(2)3)61-42(69)31(23-36(51)66)57-43(70)34-17-13-19-63(34)47(74)32(21-28-14-10-9-11-15-28)59-40(67)29(16-12-18-55-49(53)54)56-44(71)37(52)25(4)5/h9-11,14-15,24-27,29-34,37-39,64H,8,12-13,16-23,52H2,1-7H3,(H2,50,65)(H2,51,66)(H,56,71)(H,57,70)(H,58,73)(H,59,67)(H,60,68)(H,61,69)(H,62,72)(H,75,76)(H4,53,54,55)/t26-,27+,29-,30-,31-,32-,33-,34-,37-,38-,39-/m0/s1. The van der Waals surface area contributed by atoms with Gasteiger partial charge in [0.2, 0.25) is 59.1 Å². The molecule has 0 unspecified atom stereocenters. The van der Waals surface area contributed by atoms with Gasteiger partial charge in [0.05, 0.1) is 25.0 Å². The monoisotopic (exact) mass is 1070 g/mol. The Morgan fingerprint density at radius 2 is 1.18 bits per heavy atom. The van der Waals surface area contributed by atoms with E-state index >= 15 is 0 Å². The summed E-state index contributed by atoms with van der Waals surface area (Å²) in [5.41, 5.74) is 28.5. The van der Waals surface area contributed by atoms with Gasteiger partial charge in [-0.3, -0.25) is 52.9 Å². The molecule has 1 heterocycles. The van der Waals surface area contributed by atoms with E-state index < -0.39 is 144 Å². The van der Waals surface area contributed by atoms with Gasteiger partial charge >= 0.3 is 5.97 Å². The molecule has 1 saturated heterocycles. The van der Waals surface area contributed by atoms with Crippen molar-refractivity contribution in [2.75, 3.05) is 13.1 Å². The fraction of sp³-hybridized carbons (Fsp3) is 0.633. The van der Waals surface area contributed by atoms with E-state index in [4.69, 9.17) is 28.7 Å². The molecule has 0 aliphatic carbocycles. The van der Waals surface area contributed by atoms with Gasteiger partial charge in [-0.05, 0) is 62.3 Å². The summed E-state index contributed by atoms with van der Waals surface area (Å²) in [4.78, 5) is 152. The number of aliphatic carboxylic acids is 1. The first-order chi connectivity index (χ1) is 35.6. The van der Waals surface area contributed by atoms with Crippen molar-refractivity contribution in [3.8, 4) is 0 Å². The van der Waals surface area contributed by atoms with E-state index in [1.807, 2.05) is 0 Å². The second-order valence-electron chi connectivity index (χ2n) is 19.8. The first kappa shape index (κ1) is 64.7. The molecule has 19 N–H and O–H groups in total. The number of rotatable bonds is 32. The van der Waals surface area contributed by atoms with E-state index in [-0.39, 0.29) is 69.4 Å². The quantitative estimate of drug-likeness (QED) is 0.0186. The molecule has 76 heavy (non-hydrogen) atoms. The van der Waals surface area contributed by atoms with Crippen LogP contribution in [0, 0.1) is 17.8 Å². The van der Waals surface area contributed by atoms with Crippen LogP contribution >= 0.6 is 0 Å². The number of aliphatic hydroxyl groups is 1. The third-order valence-corrected chi connectivity index (χ3v) is 12.6. The van der Waals surface area contributed by atoms with Crippen LogP contribution in [0.5, 0.6) is 0 Å². The number of guanidine groups is 1. The number of hydrogen-bond donors (Lipinski definition) is 14. The van der Waals surface area contributed by atoms with Gasteiger partial charge in [0.1, 0.15) is 48.3 Å². The number of benzene rings is 1. The SMILES string of the molecule is CC[C@H](C)[C@H](NC(=O)[C@H](CC(N)=O)NC(=O)[C@@H]1CCCN1C(=O)[C@H](Cc1ccccc1)NC(=O)[C@H](CCCN=C(N)N)NC(=O)[C@@H](N)C(C)C)C(=O)N[C@H](C(=O)N[C@@H](CC(N)=O)C(=O)N[C@@H](CC(C)C)C(=O)O)[C@@H](C)O. The summed E-state index contributed by atoms with van der Waals surface area (Å²) in [7, 11) is 0. The molecule has 0 spiro atoms. The van der Waals surface area contributed by atoms with Crippen molar-refractivity contribution in [3.05, 3.63) is 35.9 Å². The Morgan fingerprint density at radius 1 is 0.671 bits per heavy atom. The lowest BCUT2D eigenvalue weighted by atomic mass is 9.96. The molecule has 1 aromatic rings. The fourth-order valence-electron chi connectivity index (χ4n) is 8.09. The number of nitrogens with two attached hydrogens (primary N) is 5. The zero-order valence-corrected chi connectivity index (χ0v) is 44.3. The van der Waals surface area contributed by atoms with Crippen molar-refractivity contribution in [3.63, 3.8) is 0 Å². The molecule has 1 aliphatic rings. The zero-order valence-electron chi connectivity index (χ0n) is 44.3. The number of likely N-dealkylation sites (tertiary alicyclic amines) is 1. The normalized spacial score (nSPS) is 17.1. The first-order valence-corrected chi connectivity index (χ1v) is 25.3. The largest absolute Gasteiger partial charge is 0.480 e. The van der Waals surface area contributed by atoms with Crippen molar-refractivity contribution >= 4 is 71.0 Å². The number of hydrogen-bond acceptors (Lipinski definition) is 14. The molecule has 27 heteroatoms. The van der Waals surface area contributed by atoms with E-state index in [0.717, 1.165) is 6.92 Å². The maximum Gasteiger partial charge on any atom is 0.326 e. The summed E-state index contributed by atoms with van der Waals surface area (Å²) in [6.07, 6.45) is -2.36. The molecule has 0 saturated carbocycles. The second-order valence-corrected chi connectivity index (χ2v) is 19.8. The smallest absolute Gasteiger partial charge is 0.326 e. The van der Waals surface area contributed by atoms with Crippen molar-refractivity contribution in [2.45, 2.75) is 167 Å². The minimum absolute atomic E-state index is 0.00187. The van der Waals surface area contributed by atoms with Crippen LogP contribution in [0.4, 0.5) is 0 Å². The van der Waals surface area contributed by atoms with Crippen molar-refractivity contribution in [2.24, 2.45) is 51.4 Å². The van der Waals surface area contributed by atoms with Gasteiger partial charge in [0.15, 0.2) is 5.96 Å². The van der Waals surface area contributed by atoms with E-state index in [1.165, 1.54) is 4.90 Å². The summed E-state index contributed by atoms with van der Waals surface area (Å²) < 4.78 is 0. The fourth-order valence-corrected chi connectivity index (χ4v) is 8.09. The topological polar surface area (TPSA) is 458 Å². The van der Waals surface area contributed by atoms with Crippen molar-refractivity contribution < 1.29 is 63.0 Å². The van der Waals surface area contributed by atoms with Crippen molar-refractivity contribution in [1.29, 1.82) is 0 Å². The minimum atomic E-state index is -1.84. The number of carboxylic acid groups (broad SMARTS) is 1. The van der Waals surface area contributed by atoms with Crippen molar-refractivity contribution in [1.82, 2.24) is 42.1 Å². The highest BCUT2D eigenvalue weighted by Crippen LogP contribution is 2.21. The molecule has 1 aromatic carbocycles. The zero-order chi connectivity index (χ0) is 57.6. The number of aliphatic hydroxyl groups excluding tert-OH is 1. The van der Waals surface area contributed by atoms with Gasteiger partial charge in [0, 0.05) is 19.5 Å².